The van der Waals surface area contributed by atoms with Gasteiger partial charge in [0.1, 0.15) is 5.75 Å². The molecule has 3 aromatic rings. The van der Waals surface area contributed by atoms with Crippen LogP contribution in [0.15, 0.2) is 84.9 Å². The minimum atomic E-state index is -0.282. The number of carbonyl (C=O) groups excluding carboxylic acids is 1. The lowest BCUT2D eigenvalue weighted by molar-refractivity contribution is -0.121. The molecule has 1 saturated heterocycles. The maximum Gasteiger partial charge on any atom is 0.158 e. The molecule has 0 radical (unpaired) electrons. The SMILES string of the molecule is COc1ccccc1CN(CC(=O)C(c1ccccc1)c1ccccc1)CN1CCNCC1. The van der Waals surface area contributed by atoms with Crippen LogP contribution in [-0.4, -0.2) is 62.1 Å². The summed E-state index contributed by atoms with van der Waals surface area (Å²) >= 11 is 0. The minimum Gasteiger partial charge on any atom is -0.496 e. The number of carbonyl (C=O) groups is 1. The number of piperazine rings is 1. The van der Waals surface area contributed by atoms with Gasteiger partial charge in [0, 0.05) is 38.3 Å². The van der Waals surface area contributed by atoms with Crippen LogP contribution in [0.3, 0.4) is 0 Å². The van der Waals surface area contributed by atoms with E-state index in [4.69, 9.17) is 4.74 Å². The first-order chi connectivity index (χ1) is 16.2. The van der Waals surface area contributed by atoms with Crippen LogP contribution in [0, 0.1) is 0 Å². The summed E-state index contributed by atoms with van der Waals surface area (Å²) in [6.07, 6.45) is 0. The number of hydrogen-bond donors (Lipinski definition) is 1. The number of hydrogen-bond acceptors (Lipinski definition) is 5. The van der Waals surface area contributed by atoms with Crippen LogP contribution in [0.2, 0.25) is 0 Å². The summed E-state index contributed by atoms with van der Waals surface area (Å²) in [6, 6.07) is 28.3. The van der Waals surface area contributed by atoms with Gasteiger partial charge in [-0.15, -0.1) is 0 Å². The normalized spacial score (nSPS) is 14.5. The van der Waals surface area contributed by atoms with Crippen LogP contribution in [0.25, 0.3) is 0 Å². The maximum absolute atomic E-state index is 13.8. The van der Waals surface area contributed by atoms with E-state index in [-0.39, 0.29) is 11.7 Å². The molecular weight excluding hydrogens is 410 g/mol. The molecule has 1 fully saturated rings. The molecule has 1 aliphatic heterocycles. The van der Waals surface area contributed by atoms with Gasteiger partial charge in [-0.3, -0.25) is 14.6 Å². The van der Waals surface area contributed by atoms with Gasteiger partial charge in [-0.05, 0) is 17.2 Å². The van der Waals surface area contributed by atoms with Gasteiger partial charge < -0.3 is 10.1 Å². The predicted octanol–water partition coefficient (Wildman–Crippen LogP) is 3.76. The molecule has 0 amide bonds. The highest BCUT2D eigenvalue weighted by Gasteiger charge is 2.26. The number of methoxy groups -OCH3 is 1. The molecule has 0 bridgehead atoms. The van der Waals surface area contributed by atoms with E-state index in [1.54, 1.807) is 7.11 Å². The third-order valence-corrected chi connectivity index (χ3v) is 6.16. The van der Waals surface area contributed by atoms with E-state index in [1.165, 1.54) is 0 Å². The summed E-state index contributed by atoms with van der Waals surface area (Å²) in [7, 11) is 1.70. The number of ketones is 1. The molecule has 5 nitrogen and oxygen atoms in total. The molecule has 5 heteroatoms. The van der Waals surface area contributed by atoms with E-state index in [0.717, 1.165) is 55.3 Å². The second-order valence-corrected chi connectivity index (χ2v) is 8.53. The molecule has 0 spiro atoms. The number of rotatable bonds is 10. The third-order valence-electron chi connectivity index (χ3n) is 6.16. The van der Waals surface area contributed by atoms with Crippen LogP contribution < -0.4 is 10.1 Å². The van der Waals surface area contributed by atoms with Crippen LogP contribution in [0.4, 0.5) is 0 Å². The van der Waals surface area contributed by atoms with Crippen molar-refractivity contribution < 1.29 is 9.53 Å². The summed E-state index contributed by atoms with van der Waals surface area (Å²) in [4.78, 5) is 18.5. The smallest absolute Gasteiger partial charge is 0.158 e. The van der Waals surface area contributed by atoms with Gasteiger partial charge >= 0.3 is 0 Å². The first kappa shape index (κ1) is 23.2. The fourth-order valence-corrected chi connectivity index (χ4v) is 4.53. The fraction of sp³-hybridized carbons (Fsp3) is 0.321. The number of ether oxygens (including phenoxy) is 1. The molecule has 0 aliphatic carbocycles. The van der Waals surface area contributed by atoms with E-state index in [0.29, 0.717) is 13.1 Å². The van der Waals surface area contributed by atoms with Crippen LogP contribution >= 0.6 is 0 Å². The molecule has 1 heterocycles. The highest BCUT2D eigenvalue weighted by atomic mass is 16.5. The molecular formula is C28H33N3O2. The average Bonchev–Trinajstić information content (AvgIpc) is 2.86. The topological polar surface area (TPSA) is 44.8 Å². The number of Topliss-reactive ketones (excluding diaryl/α,β-unsaturated/α-hetero) is 1. The van der Waals surface area contributed by atoms with Gasteiger partial charge in [0.2, 0.25) is 0 Å². The Labute approximate surface area is 197 Å². The second-order valence-electron chi connectivity index (χ2n) is 8.53. The van der Waals surface area contributed by atoms with Gasteiger partial charge in [-0.2, -0.15) is 0 Å². The summed E-state index contributed by atoms with van der Waals surface area (Å²) < 4.78 is 5.59. The minimum absolute atomic E-state index is 0.206. The van der Waals surface area contributed by atoms with Gasteiger partial charge in [-0.25, -0.2) is 0 Å². The zero-order valence-corrected chi connectivity index (χ0v) is 19.3. The molecule has 0 saturated carbocycles. The van der Waals surface area contributed by atoms with Crippen molar-refractivity contribution in [2.24, 2.45) is 0 Å². The van der Waals surface area contributed by atoms with E-state index < -0.39 is 0 Å². The first-order valence-corrected chi connectivity index (χ1v) is 11.6. The Bertz CT molecular complexity index is 964. The molecule has 0 atom stereocenters. The van der Waals surface area contributed by atoms with Crippen molar-refractivity contribution in [3.05, 3.63) is 102 Å². The lowest BCUT2D eigenvalue weighted by atomic mass is 9.87. The van der Waals surface area contributed by atoms with E-state index in [9.17, 15) is 4.79 Å². The summed E-state index contributed by atoms with van der Waals surface area (Å²) in [5, 5.41) is 3.41. The van der Waals surface area contributed by atoms with Gasteiger partial charge in [-0.1, -0.05) is 78.9 Å². The molecule has 172 valence electrons. The van der Waals surface area contributed by atoms with Crippen molar-refractivity contribution >= 4 is 5.78 Å². The Morgan fingerprint density at radius 3 is 2.09 bits per heavy atom. The van der Waals surface area contributed by atoms with Crippen molar-refractivity contribution in [2.45, 2.75) is 12.5 Å². The Morgan fingerprint density at radius 2 is 1.48 bits per heavy atom. The fourth-order valence-electron chi connectivity index (χ4n) is 4.53. The van der Waals surface area contributed by atoms with Crippen LogP contribution in [0.1, 0.15) is 22.6 Å². The first-order valence-electron chi connectivity index (χ1n) is 11.6. The van der Waals surface area contributed by atoms with Gasteiger partial charge in [0.05, 0.1) is 26.2 Å². The molecule has 0 unspecified atom stereocenters. The standard InChI is InChI=1S/C28H33N3O2/c1-33-27-15-9-8-14-25(27)20-31(22-30-18-16-29-17-19-30)21-26(32)28(23-10-4-2-5-11-23)24-12-6-3-7-13-24/h2-15,28-29H,16-22H2,1H3. The monoisotopic (exact) mass is 443 g/mol. The third kappa shape index (κ3) is 6.29. The van der Waals surface area contributed by atoms with Crippen molar-refractivity contribution in [2.75, 3.05) is 46.5 Å². The van der Waals surface area contributed by atoms with Gasteiger partial charge in [0.25, 0.3) is 0 Å². The number of nitrogens with zero attached hydrogens (tertiary/aromatic N) is 2. The van der Waals surface area contributed by atoms with Gasteiger partial charge in [0.15, 0.2) is 5.78 Å². The highest BCUT2D eigenvalue weighted by molar-refractivity contribution is 5.90. The highest BCUT2D eigenvalue weighted by Crippen LogP contribution is 2.27. The van der Waals surface area contributed by atoms with E-state index in [2.05, 4.69) is 45.4 Å². The van der Waals surface area contributed by atoms with E-state index >= 15 is 0 Å². The lowest BCUT2D eigenvalue weighted by Gasteiger charge is -2.33. The molecule has 1 aliphatic rings. The Kier molecular flexibility index (Phi) is 8.25. The molecule has 1 N–H and O–H groups in total. The molecule has 3 aromatic carbocycles. The predicted molar refractivity (Wildman–Crippen MR) is 132 cm³/mol. The quantitative estimate of drug-likeness (QED) is 0.517. The van der Waals surface area contributed by atoms with Crippen molar-refractivity contribution in [1.82, 2.24) is 15.1 Å². The van der Waals surface area contributed by atoms with Crippen LogP contribution in [-0.2, 0) is 11.3 Å². The zero-order chi connectivity index (χ0) is 22.9. The van der Waals surface area contributed by atoms with E-state index in [1.807, 2.05) is 54.6 Å². The number of benzene rings is 3. The molecule has 33 heavy (non-hydrogen) atoms. The van der Waals surface area contributed by atoms with Crippen molar-refractivity contribution in [3.63, 3.8) is 0 Å². The second kappa shape index (κ2) is 11.8. The largest absolute Gasteiger partial charge is 0.496 e. The summed E-state index contributed by atoms with van der Waals surface area (Å²) in [5.74, 6) is 0.783. The Morgan fingerprint density at radius 1 is 0.909 bits per heavy atom. The summed E-state index contributed by atoms with van der Waals surface area (Å²) in [5.41, 5.74) is 3.17. The summed E-state index contributed by atoms with van der Waals surface area (Å²) in [6.45, 7) is 5.71. The maximum atomic E-state index is 13.8. The zero-order valence-electron chi connectivity index (χ0n) is 19.3. The van der Waals surface area contributed by atoms with Crippen LogP contribution in [0.5, 0.6) is 5.75 Å². The Hall–Kier alpha value is -2.99. The average molecular weight is 444 g/mol. The molecule has 0 aromatic heterocycles. The van der Waals surface area contributed by atoms with Crippen molar-refractivity contribution in [3.8, 4) is 5.75 Å². The van der Waals surface area contributed by atoms with Crippen molar-refractivity contribution in [1.29, 1.82) is 0 Å². The number of nitrogens with one attached hydrogen (secondary N) is 1. The molecule has 4 rings (SSSR count). The number of para-hydroxylation sites is 1. The lowest BCUT2D eigenvalue weighted by Crippen LogP contribution is -2.49. The Balaban J connectivity index is 1.59.